The van der Waals surface area contributed by atoms with E-state index in [1.807, 2.05) is 19.1 Å². The van der Waals surface area contributed by atoms with E-state index in [2.05, 4.69) is 20.7 Å². The van der Waals surface area contributed by atoms with Gasteiger partial charge in [-0.2, -0.15) is 0 Å². The zero-order chi connectivity index (χ0) is 11.6. The summed E-state index contributed by atoms with van der Waals surface area (Å²) in [6.45, 7) is 5.16. The Balaban J connectivity index is 3.05. The molecule has 1 rings (SSSR count). The predicted molar refractivity (Wildman–Crippen MR) is 66.6 cm³/mol. The van der Waals surface area contributed by atoms with Gasteiger partial charge in [0.15, 0.2) is 0 Å². The van der Waals surface area contributed by atoms with Gasteiger partial charge in [0.05, 0.1) is 10.9 Å². The van der Waals surface area contributed by atoms with E-state index in [1.54, 1.807) is 19.9 Å². The van der Waals surface area contributed by atoms with Gasteiger partial charge in [-0.1, -0.05) is 22.0 Å². The Kier molecular flexibility index (Phi) is 3.78. The van der Waals surface area contributed by atoms with E-state index in [0.717, 1.165) is 10.0 Å². The normalized spacial score (nSPS) is 11.8. The molecule has 0 aromatic heterocycles. The summed E-state index contributed by atoms with van der Waals surface area (Å²) < 4.78 is 26.7. The van der Waals surface area contributed by atoms with Crippen molar-refractivity contribution in [3.8, 4) is 0 Å². The molecule has 0 spiro atoms. The molecule has 5 heteroatoms. The number of sulfonamides is 1. The van der Waals surface area contributed by atoms with E-state index >= 15 is 0 Å². The van der Waals surface area contributed by atoms with E-state index in [9.17, 15) is 8.42 Å². The van der Waals surface area contributed by atoms with Crippen molar-refractivity contribution in [3.05, 3.63) is 28.2 Å². The summed E-state index contributed by atoms with van der Waals surface area (Å²) in [4.78, 5) is 0. The Morgan fingerprint density at radius 3 is 2.47 bits per heavy atom. The molecular formula is C10H14BrNO2S. The van der Waals surface area contributed by atoms with E-state index in [1.165, 1.54) is 0 Å². The molecule has 0 atom stereocenters. The molecule has 3 nitrogen and oxygen atoms in total. The molecule has 15 heavy (non-hydrogen) atoms. The summed E-state index contributed by atoms with van der Waals surface area (Å²) in [6.07, 6.45) is 0. The van der Waals surface area contributed by atoms with Crippen molar-refractivity contribution in [1.29, 1.82) is 0 Å². The van der Waals surface area contributed by atoms with Crippen molar-refractivity contribution in [2.75, 3.05) is 4.72 Å². The third-order valence-corrected chi connectivity index (χ3v) is 4.31. The second-order valence-corrected chi connectivity index (χ2v) is 6.81. The average Bonchev–Trinajstić information content (AvgIpc) is 2.10. The number of hydrogen-bond acceptors (Lipinski definition) is 2. The standard InChI is InChI=1S/C10H14BrNO2S/c1-7(2)15(13,14)12-10-6-9(11)5-4-8(10)3/h4-7,12H,1-3H3. The van der Waals surface area contributed by atoms with E-state index < -0.39 is 15.3 Å². The summed E-state index contributed by atoms with van der Waals surface area (Å²) in [5, 5.41) is -0.434. The molecule has 0 saturated carbocycles. The number of nitrogens with one attached hydrogen (secondary N) is 1. The maximum atomic E-state index is 11.6. The largest absolute Gasteiger partial charge is 0.283 e. The molecule has 84 valence electrons. The average molecular weight is 292 g/mol. The SMILES string of the molecule is Cc1ccc(Br)cc1NS(=O)(=O)C(C)C. The minimum Gasteiger partial charge on any atom is -0.283 e. The Hall–Kier alpha value is -0.550. The van der Waals surface area contributed by atoms with Gasteiger partial charge in [-0.25, -0.2) is 8.42 Å². The van der Waals surface area contributed by atoms with Crippen LogP contribution in [0.2, 0.25) is 0 Å². The van der Waals surface area contributed by atoms with Gasteiger partial charge in [-0.3, -0.25) is 4.72 Å². The third-order valence-electron chi connectivity index (χ3n) is 2.07. The highest BCUT2D eigenvalue weighted by molar-refractivity contribution is 9.10. The van der Waals surface area contributed by atoms with Gasteiger partial charge in [0.2, 0.25) is 10.0 Å². The van der Waals surface area contributed by atoms with Gasteiger partial charge in [0.25, 0.3) is 0 Å². The van der Waals surface area contributed by atoms with Crippen molar-refractivity contribution in [2.45, 2.75) is 26.0 Å². The fourth-order valence-corrected chi connectivity index (χ4v) is 2.10. The molecule has 0 aliphatic heterocycles. The lowest BCUT2D eigenvalue weighted by atomic mass is 10.2. The Labute approximate surface area is 99.1 Å². The maximum Gasteiger partial charge on any atom is 0.235 e. The third kappa shape index (κ3) is 3.21. The van der Waals surface area contributed by atoms with E-state index in [0.29, 0.717) is 5.69 Å². The number of halogens is 1. The van der Waals surface area contributed by atoms with Crippen molar-refractivity contribution in [1.82, 2.24) is 0 Å². The fraction of sp³-hybridized carbons (Fsp3) is 0.400. The van der Waals surface area contributed by atoms with Crippen LogP contribution in [0.25, 0.3) is 0 Å². The van der Waals surface area contributed by atoms with Crippen molar-refractivity contribution in [3.63, 3.8) is 0 Å². The monoisotopic (exact) mass is 291 g/mol. The first-order valence-corrected chi connectivity index (χ1v) is 6.94. The lowest BCUT2D eigenvalue weighted by Gasteiger charge is -2.13. The van der Waals surface area contributed by atoms with Gasteiger partial charge in [0, 0.05) is 4.47 Å². The highest BCUT2D eigenvalue weighted by atomic mass is 79.9. The highest BCUT2D eigenvalue weighted by Gasteiger charge is 2.16. The summed E-state index contributed by atoms with van der Waals surface area (Å²) in [5.74, 6) is 0. The maximum absolute atomic E-state index is 11.6. The molecule has 0 unspecified atom stereocenters. The van der Waals surface area contributed by atoms with Crippen molar-refractivity contribution in [2.24, 2.45) is 0 Å². The summed E-state index contributed by atoms with van der Waals surface area (Å²) in [5.41, 5.74) is 1.53. The molecule has 1 aromatic rings. The van der Waals surface area contributed by atoms with Gasteiger partial charge < -0.3 is 0 Å². The van der Waals surface area contributed by atoms with Crippen LogP contribution in [0.1, 0.15) is 19.4 Å². The molecule has 0 aliphatic carbocycles. The molecule has 1 aromatic carbocycles. The summed E-state index contributed by atoms with van der Waals surface area (Å²) in [6, 6.07) is 5.50. The quantitative estimate of drug-likeness (QED) is 0.931. The molecular weight excluding hydrogens is 278 g/mol. The van der Waals surface area contributed by atoms with Gasteiger partial charge in [0.1, 0.15) is 0 Å². The van der Waals surface area contributed by atoms with Crippen LogP contribution in [-0.2, 0) is 10.0 Å². The molecule has 0 aliphatic rings. The molecule has 0 amide bonds. The first-order chi connectivity index (χ1) is 6.83. The molecule has 0 bridgehead atoms. The number of aryl methyl sites for hydroxylation is 1. The van der Waals surface area contributed by atoms with Gasteiger partial charge in [-0.15, -0.1) is 0 Å². The molecule has 0 heterocycles. The number of anilines is 1. The summed E-state index contributed by atoms with van der Waals surface area (Å²) >= 11 is 3.31. The fourth-order valence-electron chi connectivity index (χ4n) is 0.975. The van der Waals surface area contributed by atoms with Crippen LogP contribution in [-0.4, -0.2) is 13.7 Å². The Bertz CT molecular complexity index is 454. The van der Waals surface area contributed by atoms with E-state index in [4.69, 9.17) is 0 Å². The van der Waals surface area contributed by atoms with Crippen molar-refractivity contribution < 1.29 is 8.42 Å². The molecule has 0 saturated heterocycles. The van der Waals surface area contributed by atoms with Crippen LogP contribution in [0, 0.1) is 6.92 Å². The number of benzene rings is 1. The molecule has 0 fully saturated rings. The Morgan fingerprint density at radius 2 is 1.93 bits per heavy atom. The summed E-state index contributed by atoms with van der Waals surface area (Å²) in [7, 11) is -3.26. The second-order valence-electron chi connectivity index (χ2n) is 3.66. The highest BCUT2D eigenvalue weighted by Crippen LogP contribution is 2.22. The number of rotatable bonds is 3. The van der Waals surface area contributed by atoms with E-state index in [-0.39, 0.29) is 0 Å². The lowest BCUT2D eigenvalue weighted by Crippen LogP contribution is -2.22. The predicted octanol–water partition coefficient (Wildman–Crippen LogP) is 2.91. The zero-order valence-electron chi connectivity index (χ0n) is 8.91. The topological polar surface area (TPSA) is 46.2 Å². The van der Waals surface area contributed by atoms with Crippen LogP contribution in [0.3, 0.4) is 0 Å². The minimum absolute atomic E-state index is 0.434. The zero-order valence-corrected chi connectivity index (χ0v) is 11.3. The van der Waals surface area contributed by atoms with Crippen LogP contribution in [0.4, 0.5) is 5.69 Å². The van der Waals surface area contributed by atoms with Crippen LogP contribution in [0.15, 0.2) is 22.7 Å². The Morgan fingerprint density at radius 1 is 1.33 bits per heavy atom. The van der Waals surface area contributed by atoms with Gasteiger partial charge >= 0.3 is 0 Å². The molecule has 0 radical (unpaired) electrons. The van der Waals surface area contributed by atoms with Crippen LogP contribution < -0.4 is 4.72 Å². The van der Waals surface area contributed by atoms with Gasteiger partial charge in [-0.05, 0) is 38.5 Å². The van der Waals surface area contributed by atoms with Crippen LogP contribution >= 0.6 is 15.9 Å². The van der Waals surface area contributed by atoms with Crippen LogP contribution in [0.5, 0.6) is 0 Å². The smallest absolute Gasteiger partial charge is 0.235 e. The number of hydrogen-bond donors (Lipinski definition) is 1. The van der Waals surface area contributed by atoms with Crippen molar-refractivity contribution >= 4 is 31.6 Å². The molecule has 1 N–H and O–H groups in total. The lowest BCUT2D eigenvalue weighted by molar-refractivity contribution is 0.592. The second kappa shape index (κ2) is 4.53. The first kappa shape index (κ1) is 12.5. The minimum atomic E-state index is -3.26. The first-order valence-electron chi connectivity index (χ1n) is 4.60.